The molecular weight excluding hydrogens is 384 g/mol. The lowest BCUT2D eigenvalue weighted by Crippen LogP contribution is -2.53. The third kappa shape index (κ3) is 1.74. The fraction of sp³-hybridized carbons (Fsp3) is 1.00. The molecule has 1 saturated carbocycles. The van der Waals surface area contributed by atoms with E-state index in [0.29, 0.717) is 0 Å². The molecule has 0 aromatic rings. The van der Waals surface area contributed by atoms with Crippen LogP contribution in [0.3, 0.4) is 0 Å². The molecule has 1 unspecified atom stereocenters. The Labute approximate surface area is 146 Å². The quantitative estimate of drug-likeness (QED) is 0.505. The van der Waals surface area contributed by atoms with Crippen LogP contribution in [0.4, 0.5) is 0 Å². The van der Waals surface area contributed by atoms with Crippen molar-refractivity contribution in [3.05, 3.63) is 0 Å². The SMILES string of the molecule is C[Si]1(C)O[Si]O[Si](C)(C)O[Si](CCC2CC34OC3(O4)C34OC23O4)O1. The van der Waals surface area contributed by atoms with Crippen LogP contribution >= 0.6 is 0 Å². The molecule has 8 nitrogen and oxygen atoms in total. The number of rotatable bonds is 3. The topological polar surface area (TPSA) is 87.0 Å². The highest BCUT2D eigenvalue weighted by atomic mass is 28.5. The molecule has 5 saturated heterocycles. The molecule has 5 heterocycles. The van der Waals surface area contributed by atoms with Gasteiger partial charge in [-0.2, -0.15) is 0 Å². The largest absolute Gasteiger partial charge is 0.415 e. The molecule has 6 rings (SSSR count). The van der Waals surface area contributed by atoms with Crippen molar-refractivity contribution >= 4 is 36.4 Å². The second kappa shape index (κ2) is 4.02. The van der Waals surface area contributed by atoms with E-state index in [4.69, 9.17) is 35.4 Å². The molecular formula is C12H19O8Si4. The minimum Gasteiger partial charge on any atom is -0.415 e. The molecule has 12 heteroatoms. The summed E-state index contributed by atoms with van der Waals surface area (Å²) in [5.74, 6) is -1.74. The zero-order chi connectivity index (χ0) is 16.6. The zero-order valence-electron chi connectivity index (χ0n) is 14.0. The van der Waals surface area contributed by atoms with Crippen LogP contribution in [0.15, 0.2) is 0 Å². The fourth-order valence-electron chi connectivity index (χ4n) is 4.18. The molecule has 0 aromatic carbocycles. The lowest BCUT2D eigenvalue weighted by molar-refractivity contribution is -0.214. The van der Waals surface area contributed by atoms with Gasteiger partial charge >= 0.3 is 36.4 Å². The number of epoxide rings is 4. The van der Waals surface area contributed by atoms with Crippen molar-refractivity contribution in [3.8, 4) is 0 Å². The Balaban J connectivity index is 1.15. The number of hydrogen-bond donors (Lipinski definition) is 0. The first-order valence-electron chi connectivity index (χ1n) is 8.33. The van der Waals surface area contributed by atoms with Crippen molar-refractivity contribution in [2.45, 2.75) is 68.2 Å². The zero-order valence-corrected chi connectivity index (χ0v) is 18.0. The molecule has 131 valence electrons. The molecule has 1 aliphatic carbocycles. The van der Waals surface area contributed by atoms with E-state index in [1.165, 1.54) is 0 Å². The van der Waals surface area contributed by atoms with E-state index in [9.17, 15) is 0 Å². The van der Waals surface area contributed by atoms with E-state index in [1.54, 1.807) is 0 Å². The Kier molecular flexibility index (Phi) is 2.61. The Hall–Kier alpha value is 0.548. The molecule has 0 spiro atoms. The van der Waals surface area contributed by atoms with Crippen molar-refractivity contribution in [1.29, 1.82) is 0 Å². The van der Waals surface area contributed by atoms with Crippen molar-refractivity contribution < 1.29 is 35.4 Å². The minimum absolute atomic E-state index is 0.0122. The maximum Gasteiger partial charge on any atom is 0.413 e. The summed E-state index contributed by atoms with van der Waals surface area (Å²) in [6.07, 6.45) is 1.75. The van der Waals surface area contributed by atoms with Crippen molar-refractivity contribution in [1.82, 2.24) is 0 Å². The summed E-state index contributed by atoms with van der Waals surface area (Å²) in [7, 11) is -5.84. The van der Waals surface area contributed by atoms with Gasteiger partial charge in [0.1, 0.15) is 0 Å². The van der Waals surface area contributed by atoms with Crippen LogP contribution in [-0.4, -0.2) is 59.6 Å². The molecule has 0 N–H and O–H groups in total. The average molecular weight is 404 g/mol. The van der Waals surface area contributed by atoms with Crippen LogP contribution in [0.1, 0.15) is 12.8 Å². The molecule has 3 radical (unpaired) electrons. The Morgan fingerprint density at radius 3 is 2.21 bits per heavy atom. The molecule has 0 bridgehead atoms. The number of hydrogen-bond acceptors (Lipinski definition) is 8. The van der Waals surface area contributed by atoms with Gasteiger partial charge in [-0.05, 0) is 38.7 Å². The van der Waals surface area contributed by atoms with Crippen LogP contribution in [0.25, 0.3) is 0 Å². The summed E-state index contributed by atoms with van der Waals surface area (Å²) in [6.45, 7) is 8.16. The van der Waals surface area contributed by atoms with Crippen molar-refractivity contribution in [2.24, 2.45) is 5.92 Å². The predicted molar refractivity (Wildman–Crippen MR) is 83.6 cm³/mol. The molecule has 6 aliphatic rings. The first kappa shape index (κ1) is 15.6. The average Bonchev–Trinajstić information content (AvgIpc) is 3.20. The van der Waals surface area contributed by atoms with E-state index in [2.05, 4.69) is 0 Å². The summed E-state index contributed by atoms with van der Waals surface area (Å²) < 4.78 is 47.4. The smallest absolute Gasteiger partial charge is 0.413 e. The van der Waals surface area contributed by atoms with Gasteiger partial charge < -0.3 is 35.4 Å². The van der Waals surface area contributed by atoms with Gasteiger partial charge in [-0.3, -0.25) is 0 Å². The summed E-state index contributed by atoms with van der Waals surface area (Å²) in [5.41, 5.74) is 0. The van der Waals surface area contributed by atoms with E-state index < -0.39 is 49.6 Å². The van der Waals surface area contributed by atoms with E-state index >= 15 is 0 Å². The van der Waals surface area contributed by atoms with Gasteiger partial charge in [0.25, 0.3) is 11.6 Å². The second-order valence-electron chi connectivity index (χ2n) is 8.16. The summed E-state index contributed by atoms with van der Waals surface area (Å²) in [5, 5.41) is 0. The van der Waals surface area contributed by atoms with Crippen LogP contribution in [-0.2, 0) is 35.4 Å². The van der Waals surface area contributed by atoms with Crippen LogP contribution < -0.4 is 0 Å². The third-order valence-electron chi connectivity index (χ3n) is 5.48. The highest BCUT2D eigenvalue weighted by Gasteiger charge is 3.19. The minimum atomic E-state index is -2.20. The van der Waals surface area contributed by atoms with Crippen LogP contribution in [0.2, 0.25) is 32.2 Å². The lowest BCUT2D eigenvalue weighted by atomic mass is 9.87. The Morgan fingerprint density at radius 1 is 0.958 bits per heavy atom. The van der Waals surface area contributed by atoms with Gasteiger partial charge in [0.05, 0.1) is 0 Å². The highest BCUT2D eigenvalue weighted by molar-refractivity contribution is 6.82. The molecule has 5 aliphatic heterocycles. The van der Waals surface area contributed by atoms with E-state index in [0.717, 1.165) is 18.9 Å². The van der Waals surface area contributed by atoms with E-state index in [-0.39, 0.29) is 15.9 Å². The predicted octanol–water partition coefficient (Wildman–Crippen LogP) is 0.808. The normalized spacial score (nSPS) is 58.2. The second-order valence-corrected chi connectivity index (χ2v) is 18.4. The number of ether oxygens (including phenoxy) is 4. The van der Waals surface area contributed by atoms with Crippen LogP contribution in [0.5, 0.6) is 0 Å². The summed E-state index contributed by atoms with van der Waals surface area (Å²) in [6, 6.07) is 0.853. The van der Waals surface area contributed by atoms with Gasteiger partial charge in [-0.1, -0.05) is 0 Å². The maximum atomic E-state index is 6.28. The molecule has 6 fully saturated rings. The maximum absolute atomic E-state index is 6.28. The third-order valence-corrected chi connectivity index (χ3v) is 16.5. The van der Waals surface area contributed by atoms with Gasteiger partial charge in [-0.25, -0.2) is 0 Å². The molecule has 24 heavy (non-hydrogen) atoms. The molecule has 1 atom stereocenters. The van der Waals surface area contributed by atoms with Crippen molar-refractivity contribution in [2.75, 3.05) is 0 Å². The van der Waals surface area contributed by atoms with Gasteiger partial charge in [-0.15, -0.1) is 0 Å². The monoisotopic (exact) mass is 403 g/mol. The van der Waals surface area contributed by atoms with Crippen LogP contribution in [0, 0.1) is 5.92 Å². The first-order chi connectivity index (χ1) is 11.2. The highest BCUT2D eigenvalue weighted by Crippen LogP contribution is 2.95. The standard InChI is InChI=1S/C12H19O8Si4/c1-23(2)17-21-18-24(3,4)20-22(19-23)6-5-8-7-9-11(13-9,14-9)12-10(8,15-12)16-12/h8H,5-7H2,1-4H3. The van der Waals surface area contributed by atoms with Gasteiger partial charge in [0.2, 0.25) is 11.6 Å². The summed E-state index contributed by atoms with van der Waals surface area (Å²) >= 11 is 0. The van der Waals surface area contributed by atoms with Crippen molar-refractivity contribution in [3.63, 3.8) is 0 Å². The first-order valence-corrected chi connectivity index (χ1v) is 16.3. The molecule has 0 amide bonds. The summed E-state index contributed by atoms with van der Waals surface area (Å²) in [4.78, 5) is 0. The lowest BCUT2D eigenvalue weighted by Gasteiger charge is -2.36. The van der Waals surface area contributed by atoms with E-state index in [1.807, 2.05) is 26.2 Å². The van der Waals surface area contributed by atoms with Gasteiger partial charge in [0, 0.05) is 12.3 Å². The Bertz CT molecular complexity index is 611. The van der Waals surface area contributed by atoms with Gasteiger partial charge in [0.15, 0.2) is 0 Å². The fourth-order valence-corrected chi connectivity index (χ4v) is 13.7. The Morgan fingerprint density at radius 2 is 1.58 bits per heavy atom. The molecule has 0 aromatic heterocycles.